The predicted molar refractivity (Wildman–Crippen MR) is 35.6 cm³/mol. The minimum atomic E-state index is -0.466. The van der Waals surface area contributed by atoms with Crippen LogP contribution in [-0.2, 0) is 0 Å². The lowest BCUT2D eigenvalue weighted by molar-refractivity contribution is -0.385. The molecule has 1 rings (SSSR count). The number of nitro groups is 1. The van der Waals surface area contributed by atoms with Gasteiger partial charge in [-0.2, -0.15) is 0 Å². The first-order valence-corrected chi connectivity index (χ1v) is 2.77. The third kappa shape index (κ3) is 1.28. The molecule has 0 aliphatic rings. The number of rotatable bonds is 1. The van der Waals surface area contributed by atoms with E-state index in [1.165, 1.54) is 12.3 Å². The second-order valence-electron chi connectivity index (χ2n) is 1.91. The number of aryl methyl sites for hydroxylation is 1. The summed E-state index contributed by atoms with van der Waals surface area (Å²) in [6, 6.07) is 3.04. The van der Waals surface area contributed by atoms with Gasteiger partial charge in [0.15, 0.2) is 0 Å². The molecule has 10 heavy (non-hydrogen) atoms. The Balaban J connectivity index is 3.00. The molecule has 0 N–H and O–H groups in total. The van der Waals surface area contributed by atoms with Crippen molar-refractivity contribution in [1.82, 2.24) is 4.98 Å². The van der Waals surface area contributed by atoms with Gasteiger partial charge >= 0.3 is 0 Å². The summed E-state index contributed by atoms with van der Waals surface area (Å²) in [6.07, 6.45) is 1.25. The molecule has 0 fully saturated rings. The lowest BCUT2D eigenvalue weighted by atomic mass is 10.3. The van der Waals surface area contributed by atoms with Crippen molar-refractivity contribution in [1.29, 1.82) is 0 Å². The van der Waals surface area contributed by atoms with Crippen molar-refractivity contribution in [3.8, 4) is 0 Å². The average Bonchev–Trinajstić information content (AvgIpc) is 1.88. The van der Waals surface area contributed by atoms with Crippen LogP contribution in [0.5, 0.6) is 0 Å². The Labute approximate surface area is 57.7 Å². The number of hydrogen-bond acceptors (Lipinski definition) is 3. The molecular formula is C6H6N2O2. The lowest BCUT2D eigenvalue weighted by Crippen LogP contribution is -1.88. The van der Waals surface area contributed by atoms with Crippen molar-refractivity contribution in [3.05, 3.63) is 34.1 Å². The first-order valence-electron chi connectivity index (χ1n) is 2.77. The molecule has 0 aromatic carbocycles. The fraction of sp³-hybridized carbons (Fsp3) is 0.167. The van der Waals surface area contributed by atoms with Crippen LogP contribution >= 0.6 is 0 Å². The SMILES string of the molecule is Cc1ccc([N+](=O)[O-])cn1. The lowest BCUT2D eigenvalue weighted by Gasteiger charge is -1.89. The topological polar surface area (TPSA) is 56.0 Å². The van der Waals surface area contributed by atoms with Gasteiger partial charge in [0, 0.05) is 11.8 Å². The van der Waals surface area contributed by atoms with Gasteiger partial charge in [-0.1, -0.05) is 0 Å². The largest absolute Gasteiger partial charge is 0.287 e. The van der Waals surface area contributed by atoms with Crippen LogP contribution in [0.3, 0.4) is 0 Å². The molecule has 4 nitrogen and oxygen atoms in total. The van der Waals surface area contributed by atoms with Crippen molar-refractivity contribution in [2.75, 3.05) is 0 Å². The molecule has 0 atom stereocenters. The Morgan fingerprint density at radius 1 is 1.60 bits per heavy atom. The van der Waals surface area contributed by atoms with E-state index in [1.54, 1.807) is 13.0 Å². The van der Waals surface area contributed by atoms with Gasteiger partial charge in [0.25, 0.3) is 5.69 Å². The highest BCUT2D eigenvalue weighted by Crippen LogP contribution is 2.07. The first kappa shape index (κ1) is 6.67. The van der Waals surface area contributed by atoms with Crippen molar-refractivity contribution in [2.24, 2.45) is 0 Å². The zero-order chi connectivity index (χ0) is 7.56. The van der Waals surface area contributed by atoms with E-state index >= 15 is 0 Å². The Morgan fingerprint density at radius 3 is 2.70 bits per heavy atom. The normalized spacial score (nSPS) is 9.30. The summed E-state index contributed by atoms with van der Waals surface area (Å²) in [7, 11) is 0. The zero-order valence-corrected chi connectivity index (χ0v) is 5.44. The highest BCUT2D eigenvalue weighted by Gasteiger charge is 2.01. The molecule has 0 saturated carbocycles. The molecule has 0 bridgehead atoms. The Bertz CT molecular complexity index is 242. The Morgan fingerprint density at radius 2 is 2.30 bits per heavy atom. The van der Waals surface area contributed by atoms with Crippen LogP contribution in [0.4, 0.5) is 5.69 Å². The van der Waals surface area contributed by atoms with E-state index in [2.05, 4.69) is 4.98 Å². The molecule has 0 amide bonds. The van der Waals surface area contributed by atoms with Crippen molar-refractivity contribution in [3.63, 3.8) is 0 Å². The van der Waals surface area contributed by atoms with Crippen LogP contribution in [0.2, 0.25) is 0 Å². The smallest absolute Gasteiger partial charge is 0.258 e. The molecule has 1 aromatic rings. The quantitative estimate of drug-likeness (QED) is 0.434. The summed E-state index contributed by atoms with van der Waals surface area (Å²) in [5, 5.41) is 10.1. The van der Waals surface area contributed by atoms with Gasteiger partial charge in [-0.15, -0.1) is 0 Å². The highest BCUT2D eigenvalue weighted by atomic mass is 16.6. The molecule has 4 heteroatoms. The van der Waals surface area contributed by atoms with Crippen molar-refractivity contribution in [2.45, 2.75) is 6.92 Å². The summed E-state index contributed by atoms with van der Waals surface area (Å²) in [4.78, 5) is 13.4. The van der Waals surface area contributed by atoms with Crippen LogP contribution in [0.15, 0.2) is 18.3 Å². The summed E-state index contributed by atoms with van der Waals surface area (Å²) < 4.78 is 0. The molecule has 0 aliphatic carbocycles. The summed E-state index contributed by atoms with van der Waals surface area (Å²) >= 11 is 0. The van der Waals surface area contributed by atoms with Gasteiger partial charge in [0.1, 0.15) is 6.20 Å². The second kappa shape index (κ2) is 2.43. The van der Waals surface area contributed by atoms with Crippen LogP contribution in [0, 0.1) is 17.0 Å². The minimum Gasteiger partial charge on any atom is -0.258 e. The third-order valence-electron chi connectivity index (χ3n) is 1.11. The van der Waals surface area contributed by atoms with E-state index in [4.69, 9.17) is 0 Å². The van der Waals surface area contributed by atoms with E-state index in [0.29, 0.717) is 0 Å². The van der Waals surface area contributed by atoms with Gasteiger partial charge in [0.05, 0.1) is 4.92 Å². The van der Waals surface area contributed by atoms with Gasteiger partial charge in [-0.05, 0) is 13.0 Å². The van der Waals surface area contributed by atoms with E-state index < -0.39 is 4.92 Å². The van der Waals surface area contributed by atoms with E-state index in [-0.39, 0.29) is 5.69 Å². The summed E-state index contributed by atoms with van der Waals surface area (Å²) in [6.45, 7) is 1.78. The summed E-state index contributed by atoms with van der Waals surface area (Å²) in [5.41, 5.74) is 0.816. The van der Waals surface area contributed by atoms with Crippen LogP contribution in [0.25, 0.3) is 0 Å². The molecule has 0 spiro atoms. The highest BCUT2D eigenvalue weighted by molar-refractivity contribution is 5.26. The van der Waals surface area contributed by atoms with Crippen LogP contribution in [0.1, 0.15) is 5.69 Å². The molecule has 52 valence electrons. The van der Waals surface area contributed by atoms with Gasteiger partial charge in [-0.3, -0.25) is 15.1 Å². The summed E-state index contributed by atoms with van der Waals surface area (Å²) in [5.74, 6) is 0. The monoisotopic (exact) mass is 138 g/mol. The van der Waals surface area contributed by atoms with E-state index in [0.717, 1.165) is 5.69 Å². The number of nitrogens with zero attached hydrogens (tertiary/aromatic N) is 2. The Kier molecular flexibility index (Phi) is 1.62. The maximum Gasteiger partial charge on any atom is 0.287 e. The maximum atomic E-state index is 10.1. The predicted octanol–water partition coefficient (Wildman–Crippen LogP) is 1.30. The molecule has 0 aliphatic heterocycles. The van der Waals surface area contributed by atoms with Crippen LogP contribution in [-0.4, -0.2) is 9.91 Å². The van der Waals surface area contributed by atoms with Gasteiger partial charge in [0.2, 0.25) is 0 Å². The fourth-order valence-corrected chi connectivity index (χ4v) is 0.568. The molecule has 1 heterocycles. The molecular weight excluding hydrogens is 132 g/mol. The molecule has 0 unspecified atom stereocenters. The fourth-order valence-electron chi connectivity index (χ4n) is 0.568. The number of aromatic nitrogens is 1. The van der Waals surface area contributed by atoms with E-state index in [9.17, 15) is 10.1 Å². The molecule has 0 saturated heterocycles. The average molecular weight is 138 g/mol. The number of pyridine rings is 1. The standard InChI is InChI=1S/C6H6N2O2/c1-5-2-3-6(4-7-5)8(9)10/h2-4H,1H3. The second-order valence-corrected chi connectivity index (χ2v) is 1.91. The van der Waals surface area contributed by atoms with Gasteiger partial charge in [-0.25, -0.2) is 0 Å². The Hall–Kier alpha value is -1.45. The molecule has 0 radical (unpaired) electrons. The first-order chi connectivity index (χ1) is 4.70. The van der Waals surface area contributed by atoms with Gasteiger partial charge < -0.3 is 0 Å². The molecule has 1 aromatic heterocycles. The maximum absolute atomic E-state index is 10.1. The van der Waals surface area contributed by atoms with Crippen molar-refractivity contribution < 1.29 is 4.92 Å². The third-order valence-corrected chi connectivity index (χ3v) is 1.11. The zero-order valence-electron chi connectivity index (χ0n) is 5.44. The van der Waals surface area contributed by atoms with E-state index in [1.807, 2.05) is 0 Å². The van der Waals surface area contributed by atoms with Crippen LogP contribution < -0.4 is 0 Å². The minimum absolute atomic E-state index is 0.0330. The van der Waals surface area contributed by atoms with Crippen molar-refractivity contribution >= 4 is 5.69 Å². The number of hydrogen-bond donors (Lipinski definition) is 0.